The fraction of sp³-hybridized carbons (Fsp3) is 1.00. The molecule has 2 nitrogen and oxygen atoms in total. The first-order valence-electron chi connectivity index (χ1n) is 4.24. The molecule has 0 aromatic rings. The minimum atomic E-state index is 0.742. The molecule has 0 bridgehead atoms. The first-order chi connectivity index (χ1) is 4.93. The van der Waals surface area contributed by atoms with Gasteiger partial charge >= 0.3 is 0 Å². The van der Waals surface area contributed by atoms with Crippen LogP contribution in [0.2, 0.25) is 0 Å². The van der Waals surface area contributed by atoms with Crippen LogP contribution in [0.3, 0.4) is 0 Å². The summed E-state index contributed by atoms with van der Waals surface area (Å²) in [5.41, 5.74) is 0. The molecule has 1 atom stereocenters. The third-order valence-electron chi connectivity index (χ3n) is 1.98. The highest BCUT2D eigenvalue weighted by Crippen LogP contribution is 2.07. The van der Waals surface area contributed by atoms with Crippen molar-refractivity contribution in [1.82, 2.24) is 5.32 Å². The summed E-state index contributed by atoms with van der Waals surface area (Å²) in [5, 5.41) is 3.44. The van der Waals surface area contributed by atoms with Crippen LogP contribution in [-0.4, -0.2) is 25.8 Å². The number of hydrogen-bond acceptors (Lipinski definition) is 2. The maximum Gasteiger partial charge on any atom is 0.0480 e. The topological polar surface area (TPSA) is 21.3 Å². The van der Waals surface area contributed by atoms with Gasteiger partial charge in [0.15, 0.2) is 0 Å². The first-order valence-corrected chi connectivity index (χ1v) is 4.24. The van der Waals surface area contributed by atoms with Crippen molar-refractivity contribution in [2.24, 2.45) is 0 Å². The van der Waals surface area contributed by atoms with E-state index in [9.17, 15) is 0 Å². The van der Waals surface area contributed by atoms with E-state index in [1.54, 1.807) is 0 Å². The molecule has 60 valence electrons. The minimum Gasteiger partial charge on any atom is -0.382 e. The Kier molecular flexibility index (Phi) is 3.76. The molecule has 1 heterocycles. The van der Waals surface area contributed by atoms with Gasteiger partial charge in [0, 0.05) is 19.3 Å². The molecule has 0 saturated carbocycles. The van der Waals surface area contributed by atoms with Crippen LogP contribution in [-0.2, 0) is 4.74 Å². The second-order valence-corrected chi connectivity index (χ2v) is 2.78. The summed E-state index contributed by atoms with van der Waals surface area (Å²) in [5.74, 6) is 0. The van der Waals surface area contributed by atoms with Crippen molar-refractivity contribution in [3.63, 3.8) is 0 Å². The summed E-state index contributed by atoms with van der Waals surface area (Å²) in [6.07, 6.45) is 3.87. The largest absolute Gasteiger partial charge is 0.382 e. The SMILES string of the molecule is CCOCCC1CCCN1. The molecule has 1 N–H and O–H groups in total. The lowest BCUT2D eigenvalue weighted by Crippen LogP contribution is -2.22. The van der Waals surface area contributed by atoms with Crippen LogP contribution in [0.1, 0.15) is 26.2 Å². The average molecular weight is 143 g/mol. The summed E-state index contributed by atoms with van der Waals surface area (Å²) in [6.45, 7) is 5.03. The van der Waals surface area contributed by atoms with E-state index in [0.29, 0.717) is 0 Å². The smallest absolute Gasteiger partial charge is 0.0480 e. The first kappa shape index (κ1) is 8.02. The molecule has 1 rings (SSSR count). The number of hydrogen-bond donors (Lipinski definition) is 1. The molecule has 0 aromatic carbocycles. The van der Waals surface area contributed by atoms with Gasteiger partial charge in [0.05, 0.1) is 0 Å². The van der Waals surface area contributed by atoms with Crippen molar-refractivity contribution in [3.05, 3.63) is 0 Å². The van der Waals surface area contributed by atoms with Crippen LogP contribution >= 0.6 is 0 Å². The highest BCUT2D eigenvalue weighted by atomic mass is 16.5. The molecular formula is C8H17NO. The van der Waals surface area contributed by atoms with Crippen molar-refractivity contribution in [1.29, 1.82) is 0 Å². The zero-order chi connectivity index (χ0) is 7.23. The van der Waals surface area contributed by atoms with Gasteiger partial charge in [-0.3, -0.25) is 0 Å². The molecule has 2 heteroatoms. The predicted molar refractivity (Wildman–Crippen MR) is 42.1 cm³/mol. The van der Waals surface area contributed by atoms with Crippen LogP contribution in [0.5, 0.6) is 0 Å². The molecule has 1 aliphatic heterocycles. The molecule has 0 aliphatic carbocycles. The second kappa shape index (κ2) is 4.69. The van der Waals surface area contributed by atoms with Crippen LogP contribution in [0.4, 0.5) is 0 Å². The van der Waals surface area contributed by atoms with Gasteiger partial charge in [0.25, 0.3) is 0 Å². The molecule has 0 radical (unpaired) electrons. The Bertz CT molecular complexity index is 79.3. The molecule has 0 amide bonds. The zero-order valence-electron chi connectivity index (χ0n) is 6.73. The van der Waals surface area contributed by atoms with E-state index in [4.69, 9.17) is 4.74 Å². The Labute approximate surface area is 63.0 Å². The van der Waals surface area contributed by atoms with Gasteiger partial charge in [0.1, 0.15) is 0 Å². The lowest BCUT2D eigenvalue weighted by atomic mass is 10.2. The van der Waals surface area contributed by atoms with E-state index < -0.39 is 0 Å². The quantitative estimate of drug-likeness (QED) is 0.596. The average Bonchev–Trinajstić information content (AvgIpc) is 2.41. The third-order valence-corrected chi connectivity index (χ3v) is 1.98. The van der Waals surface area contributed by atoms with Gasteiger partial charge in [-0.1, -0.05) is 0 Å². The van der Waals surface area contributed by atoms with E-state index in [1.165, 1.54) is 25.8 Å². The molecule has 1 fully saturated rings. The van der Waals surface area contributed by atoms with Gasteiger partial charge in [-0.05, 0) is 32.7 Å². The standard InChI is InChI=1S/C8H17NO/c1-2-10-7-5-8-4-3-6-9-8/h8-9H,2-7H2,1H3. The maximum atomic E-state index is 5.26. The summed E-state index contributed by atoms with van der Waals surface area (Å²) in [4.78, 5) is 0. The van der Waals surface area contributed by atoms with Crippen molar-refractivity contribution in [3.8, 4) is 0 Å². The lowest BCUT2D eigenvalue weighted by Gasteiger charge is -2.08. The number of rotatable bonds is 4. The fourth-order valence-corrected chi connectivity index (χ4v) is 1.37. The monoisotopic (exact) mass is 143 g/mol. The Morgan fingerprint density at radius 2 is 2.50 bits per heavy atom. The van der Waals surface area contributed by atoms with E-state index in [0.717, 1.165) is 19.3 Å². The Morgan fingerprint density at radius 3 is 3.10 bits per heavy atom. The number of ether oxygens (including phenoxy) is 1. The van der Waals surface area contributed by atoms with Gasteiger partial charge in [0.2, 0.25) is 0 Å². The highest BCUT2D eigenvalue weighted by Gasteiger charge is 2.12. The molecule has 1 saturated heterocycles. The Hall–Kier alpha value is -0.0800. The fourth-order valence-electron chi connectivity index (χ4n) is 1.37. The summed E-state index contributed by atoms with van der Waals surface area (Å²) >= 11 is 0. The van der Waals surface area contributed by atoms with Crippen LogP contribution in [0.15, 0.2) is 0 Å². The summed E-state index contributed by atoms with van der Waals surface area (Å²) in [6, 6.07) is 0.742. The minimum absolute atomic E-state index is 0.742. The summed E-state index contributed by atoms with van der Waals surface area (Å²) in [7, 11) is 0. The normalized spacial score (nSPS) is 25.5. The van der Waals surface area contributed by atoms with Gasteiger partial charge in [-0.15, -0.1) is 0 Å². The van der Waals surface area contributed by atoms with Gasteiger partial charge < -0.3 is 10.1 Å². The van der Waals surface area contributed by atoms with Crippen molar-refractivity contribution in [2.45, 2.75) is 32.2 Å². The van der Waals surface area contributed by atoms with Crippen molar-refractivity contribution in [2.75, 3.05) is 19.8 Å². The predicted octanol–water partition coefficient (Wildman–Crippen LogP) is 1.17. The second-order valence-electron chi connectivity index (χ2n) is 2.78. The highest BCUT2D eigenvalue weighted by molar-refractivity contribution is 4.73. The van der Waals surface area contributed by atoms with Gasteiger partial charge in [-0.25, -0.2) is 0 Å². The summed E-state index contributed by atoms with van der Waals surface area (Å²) < 4.78 is 5.26. The number of nitrogens with one attached hydrogen (secondary N) is 1. The van der Waals surface area contributed by atoms with E-state index in [-0.39, 0.29) is 0 Å². The lowest BCUT2D eigenvalue weighted by molar-refractivity contribution is 0.138. The van der Waals surface area contributed by atoms with E-state index in [1.807, 2.05) is 6.92 Å². The van der Waals surface area contributed by atoms with Gasteiger partial charge in [-0.2, -0.15) is 0 Å². The molecule has 1 aliphatic rings. The molecule has 0 spiro atoms. The van der Waals surface area contributed by atoms with E-state index in [2.05, 4.69) is 5.32 Å². The van der Waals surface area contributed by atoms with Crippen molar-refractivity contribution >= 4 is 0 Å². The zero-order valence-corrected chi connectivity index (χ0v) is 6.73. The molecule has 1 unspecified atom stereocenters. The van der Waals surface area contributed by atoms with Crippen LogP contribution < -0.4 is 5.32 Å². The molecule has 10 heavy (non-hydrogen) atoms. The van der Waals surface area contributed by atoms with E-state index >= 15 is 0 Å². The van der Waals surface area contributed by atoms with Crippen LogP contribution in [0.25, 0.3) is 0 Å². The van der Waals surface area contributed by atoms with Crippen LogP contribution in [0, 0.1) is 0 Å². The molecule has 0 aromatic heterocycles. The van der Waals surface area contributed by atoms with Crippen molar-refractivity contribution < 1.29 is 4.74 Å². The Morgan fingerprint density at radius 1 is 1.60 bits per heavy atom. The molecular weight excluding hydrogens is 126 g/mol. The third kappa shape index (κ3) is 2.67. The Balaban J connectivity index is 1.91. The maximum absolute atomic E-state index is 5.26.